The molecule has 1 unspecified atom stereocenters. The zero-order valence-corrected chi connectivity index (χ0v) is 14.0. The van der Waals surface area contributed by atoms with Gasteiger partial charge in [0.15, 0.2) is 0 Å². The standard InChI is InChI=1S/C14H22N4O2S/c1-8(2)12-16-17-13(21-12)15-11(20)9-6-10(19)18(7-9)14(3,4)5/h8-9H,6-7H2,1-5H3,(H,15,17,20). The van der Waals surface area contributed by atoms with Gasteiger partial charge >= 0.3 is 0 Å². The van der Waals surface area contributed by atoms with Crippen molar-refractivity contribution < 1.29 is 9.59 Å². The van der Waals surface area contributed by atoms with Crippen molar-refractivity contribution in [3.8, 4) is 0 Å². The predicted octanol–water partition coefficient (Wildman–Crippen LogP) is 2.25. The number of carbonyl (C=O) groups excluding carboxylic acids is 2. The van der Waals surface area contributed by atoms with Gasteiger partial charge in [0.25, 0.3) is 0 Å². The highest BCUT2D eigenvalue weighted by Gasteiger charge is 2.39. The number of hydrogen-bond acceptors (Lipinski definition) is 5. The molecule has 0 bridgehead atoms. The molecule has 1 aromatic heterocycles. The third-order valence-corrected chi connectivity index (χ3v) is 4.61. The van der Waals surface area contributed by atoms with E-state index in [1.54, 1.807) is 4.90 Å². The summed E-state index contributed by atoms with van der Waals surface area (Å²) in [7, 11) is 0. The summed E-state index contributed by atoms with van der Waals surface area (Å²) >= 11 is 1.38. The van der Waals surface area contributed by atoms with Gasteiger partial charge in [0.05, 0.1) is 5.92 Å². The van der Waals surface area contributed by atoms with Crippen LogP contribution in [0.3, 0.4) is 0 Å². The summed E-state index contributed by atoms with van der Waals surface area (Å²) in [6.07, 6.45) is 0.263. The molecule has 2 rings (SSSR count). The number of nitrogens with zero attached hydrogens (tertiary/aromatic N) is 3. The van der Waals surface area contributed by atoms with Crippen LogP contribution in [0.2, 0.25) is 0 Å². The minimum absolute atomic E-state index is 0.0304. The first kappa shape index (κ1) is 15.9. The second kappa shape index (κ2) is 5.71. The maximum absolute atomic E-state index is 12.3. The first-order valence-electron chi connectivity index (χ1n) is 7.13. The molecule has 2 heterocycles. The lowest BCUT2D eigenvalue weighted by Crippen LogP contribution is -2.42. The van der Waals surface area contributed by atoms with Crippen molar-refractivity contribution in [2.45, 2.75) is 52.5 Å². The van der Waals surface area contributed by atoms with Crippen molar-refractivity contribution in [1.82, 2.24) is 15.1 Å². The molecule has 7 heteroatoms. The average Bonchev–Trinajstić information content (AvgIpc) is 2.94. The van der Waals surface area contributed by atoms with Crippen LogP contribution >= 0.6 is 11.3 Å². The van der Waals surface area contributed by atoms with Crippen LogP contribution < -0.4 is 5.32 Å². The number of rotatable bonds is 3. The molecule has 1 fully saturated rings. The molecule has 1 N–H and O–H groups in total. The van der Waals surface area contributed by atoms with E-state index in [2.05, 4.69) is 15.5 Å². The molecule has 0 aliphatic carbocycles. The van der Waals surface area contributed by atoms with Crippen LogP contribution in [-0.2, 0) is 9.59 Å². The van der Waals surface area contributed by atoms with E-state index in [0.717, 1.165) is 5.01 Å². The third kappa shape index (κ3) is 3.58. The second-order valence-electron chi connectivity index (χ2n) is 6.67. The number of aromatic nitrogens is 2. The first-order valence-corrected chi connectivity index (χ1v) is 7.95. The van der Waals surface area contributed by atoms with Gasteiger partial charge in [-0.2, -0.15) is 0 Å². The summed E-state index contributed by atoms with van der Waals surface area (Å²) in [5.74, 6) is -0.148. The number of anilines is 1. The Hall–Kier alpha value is -1.50. The molecular weight excluding hydrogens is 288 g/mol. The van der Waals surface area contributed by atoms with E-state index in [1.807, 2.05) is 34.6 Å². The van der Waals surface area contributed by atoms with Gasteiger partial charge in [0.1, 0.15) is 5.01 Å². The van der Waals surface area contributed by atoms with Crippen LogP contribution in [0.15, 0.2) is 0 Å². The summed E-state index contributed by atoms with van der Waals surface area (Å²) in [5.41, 5.74) is -0.250. The molecule has 1 atom stereocenters. The fourth-order valence-corrected chi connectivity index (χ4v) is 3.01. The normalized spacial score (nSPS) is 19.4. The summed E-state index contributed by atoms with van der Waals surface area (Å²) in [4.78, 5) is 26.0. The molecule has 116 valence electrons. The quantitative estimate of drug-likeness (QED) is 0.929. The van der Waals surface area contributed by atoms with E-state index in [4.69, 9.17) is 0 Å². The smallest absolute Gasteiger partial charge is 0.231 e. The van der Waals surface area contributed by atoms with E-state index in [1.165, 1.54) is 11.3 Å². The van der Waals surface area contributed by atoms with Crippen LogP contribution in [0.5, 0.6) is 0 Å². The minimum Gasteiger partial charge on any atom is -0.337 e. The van der Waals surface area contributed by atoms with Gasteiger partial charge in [-0.25, -0.2) is 0 Å². The van der Waals surface area contributed by atoms with Gasteiger partial charge in [-0.3, -0.25) is 9.59 Å². The van der Waals surface area contributed by atoms with Crippen LogP contribution in [0.25, 0.3) is 0 Å². The molecule has 0 spiro atoms. The fourth-order valence-electron chi connectivity index (χ4n) is 2.26. The molecule has 6 nitrogen and oxygen atoms in total. The highest BCUT2D eigenvalue weighted by atomic mass is 32.1. The molecule has 0 saturated carbocycles. The lowest BCUT2D eigenvalue weighted by molar-refractivity contribution is -0.131. The SMILES string of the molecule is CC(C)c1nnc(NC(=O)C2CC(=O)N(C(C)(C)C)C2)s1. The average molecular weight is 310 g/mol. The van der Waals surface area contributed by atoms with Crippen molar-refractivity contribution in [3.63, 3.8) is 0 Å². The molecule has 21 heavy (non-hydrogen) atoms. The van der Waals surface area contributed by atoms with Crippen molar-refractivity contribution in [1.29, 1.82) is 0 Å². The molecule has 0 aromatic carbocycles. The van der Waals surface area contributed by atoms with Crippen molar-refractivity contribution >= 4 is 28.3 Å². The van der Waals surface area contributed by atoms with Gasteiger partial charge in [-0.1, -0.05) is 25.2 Å². The largest absolute Gasteiger partial charge is 0.337 e. The molecule has 1 aliphatic rings. The Kier molecular flexibility index (Phi) is 4.32. The van der Waals surface area contributed by atoms with E-state index in [9.17, 15) is 9.59 Å². The Morgan fingerprint density at radius 2 is 2.05 bits per heavy atom. The van der Waals surface area contributed by atoms with Crippen molar-refractivity contribution in [2.75, 3.05) is 11.9 Å². The van der Waals surface area contributed by atoms with Crippen LogP contribution in [0.4, 0.5) is 5.13 Å². The van der Waals surface area contributed by atoms with Gasteiger partial charge in [0, 0.05) is 24.4 Å². The van der Waals surface area contributed by atoms with E-state index >= 15 is 0 Å². The maximum atomic E-state index is 12.3. The Labute approximate surface area is 128 Å². The maximum Gasteiger partial charge on any atom is 0.231 e. The van der Waals surface area contributed by atoms with Crippen LogP contribution in [-0.4, -0.2) is 39.0 Å². The van der Waals surface area contributed by atoms with Crippen molar-refractivity contribution in [3.05, 3.63) is 5.01 Å². The van der Waals surface area contributed by atoms with Crippen LogP contribution in [0.1, 0.15) is 52.0 Å². The molecule has 1 aliphatic heterocycles. The molecule has 1 aromatic rings. The zero-order chi connectivity index (χ0) is 15.8. The number of amides is 2. The van der Waals surface area contributed by atoms with Gasteiger partial charge in [0.2, 0.25) is 16.9 Å². The van der Waals surface area contributed by atoms with Gasteiger partial charge < -0.3 is 10.2 Å². The topological polar surface area (TPSA) is 75.2 Å². The van der Waals surface area contributed by atoms with E-state index < -0.39 is 0 Å². The Morgan fingerprint density at radius 1 is 1.38 bits per heavy atom. The number of likely N-dealkylation sites (tertiary alicyclic amines) is 1. The predicted molar refractivity (Wildman–Crippen MR) is 82.2 cm³/mol. The Bertz CT molecular complexity index is 547. The number of carbonyl (C=O) groups is 2. The summed E-state index contributed by atoms with van der Waals surface area (Å²) in [6.45, 7) is 10.5. The van der Waals surface area contributed by atoms with E-state index in [-0.39, 0.29) is 35.6 Å². The van der Waals surface area contributed by atoms with Gasteiger partial charge in [-0.15, -0.1) is 10.2 Å². The lowest BCUT2D eigenvalue weighted by Gasteiger charge is -2.31. The lowest BCUT2D eigenvalue weighted by atomic mass is 10.1. The third-order valence-electron chi connectivity index (χ3n) is 3.47. The number of hydrogen-bond donors (Lipinski definition) is 1. The summed E-state index contributed by atoms with van der Waals surface area (Å²) < 4.78 is 0. The summed E-state index contributed by atoms with van der Waals surface area (Å²) in [5, 5.41) is 12.2. The molecule has 1 saturated heterocycles. The highest BCUT2D eigenvalue weighted by molar-refractivity contribution is 7.15. The molecule has 0 radical (unpaired) electrons. The molecule has 2 amide bonds. The zero-order valence-electron chi connectivity index (χ0n) is 13.1. The molecular formula is C14H22N4O2S. The van der Waals surface area contributed by atoms with Gasteiger partial charge in [-0.05, 0) is 20.8 Å². The van der Waals surface area contributed by atoms with Crippen LogP contribution in [0, 0.1) is 5.92 Å². The van der Waals surface area contributed by atoms with E-state index in [0.29, 0.717) is 11.7 Å². The first-order chi connectivity index (χ1) is 9.68. The van der Waals surface area contributed by atoms with Crippen molar-refractivity contribution in [2.24, 2.45) is 5.92 Å². The Morgan fingerprint density at radius 3 is 2.52 bits per heavy atom. The number of nitrogens with one attached hydrogen (secondary N) is 1. The monoisotopic (exact) mass is 310 g/mol. The highest BCUT2D eigenvalue weighted by Crippen LogP contribution is 2.28. The second-order valence-corrected chi connectivity index (χ2v) is 7.67. The minimum atomic E-state index is -0.317. The summed E-state index contributed by atoms with van der Waals surface area (Å²) in [6, 6.07) is 0. The Balaban J connectivity index is 2.00. The fraction of sp³-hybridized carbons (Fsp3) is 0.714.